The Labute approximate surface area is 159 Å². The Morgan fingerprint density at radius 3 is 1.13 bits per heavy atom. The average molecular weight is 506 g/mol. The van der Waals surface area contributed by atoms with E-state index in [4.69, 9.17) is 0 Å². The van der Waals surface area contributed by atoms with E-state index in [1.165, 1.54) is 0 Å². The molecule has 31 heavy (non-hydrogen) atoms. The molecular formula is C11H6F16O4. The maximum atomic E-state index is 13.5. The van der Waals surface area contributed by atoms with Gasteiger partial charge in [-0.3, -0.25) is 4.74 Å². The number of alkyl halides is 16. The number of esters is 1. The smallest absolute Gasteiger partial charge is 0.460 e. The molecule has 0 spiro atoms. The van der Waals surface area contributed by atoms with Gasteiger partial charge in [0.1, 0.15) is 0 Å². The molecule has 0 aromatic carbocycles. The zero-order chi connectivity index (χ0) is 25.7. The van der Waals surface area contributed by atoms with Crippen molar-refractivity contribution < 1.29 is 89.3 Å². The van der Waals surface area contributed by atoms with Crippen molar-refractivity contribution in [1.82, 2.24) is 0 Å². The number of carbonyl (C=O) groups is 1. The number of carbonyl (C=O) groups excluding carboxylic acids is 1. The van der Waals surface area contributed by atoms with Crippen molar-refractivity contribution in [2.24, 2.45) is 0 Å². The largest absolute Gasteiger partial charge is 0.465 e. The van der Waals surface area contributed by atoms with E-state index in [9.17, 15) is 75.0 Å². The third-order valence-corrected chi connectivity index (χ3v) is 3.25. The molecule has 1 atom stereocenters. The van der Waals surface area contributed by atoms with E-state index >= 15 is 0 Å². The zero-order valence-electron chi connectivity index (χ0n) is 14.2. The molecule has 0 saturated carbocycles. The van der Waals surface area contributed by atoms with E-state index in [1.54, 1.807) is 4.74 Å². The molecule has 0 heterocycles. The van der Waals surface area contributed by atoms with Crippen molar-refractivity contribution in [2.75, 3.05) is 14.2 Å². The summed E-state index contributed by atoms with van der Waals surface area (Å²) in [5, 5.41) is 0. The predicted octanol–water partition coefficient (Wildman–Crippen LogP) is 4.78. The molecule has 1 unspecified atom stereocenters. The molecule has 4 nitrogen and oxygen atoms in total. The summed E-state index contributed by atoms with van der Waals surface area (Å²) in [5.41, 5.74) is 0. The van der Waals surface area contributed by atoms with Crippen LogP contribution in [-0.2, 0) is 19.0 Å². The topological polar surface area (TPSA) is 44.8 Å². The van der Waals surface area contributed by atoms with E-state index in [2.05, 4.69) is 9.47 Å². The van der Waals surface area contributed by atoms with Crippen LogP contribution in [0.3, 0.4) is 0 Å². The molecule has 0 aliphatic carbocycles. The molecule has 0 aliphatic heterocycles. The summed E-state index contributed by atoms with van der Waals surface area (Å²) in [4.78, 5) is 10.7. The SMILES string of the molecule is COC(=O)C(F)(OC(F)(F)C(F)(F)C(F)(F)C(F)(F)C(F)(F)C(F)(F)OC)C(F)(F)F. The van der Waals surface area contributed by atoms with E-state index in [1.807, 2.05) is 0 Å². The van der Waals surface area contributed by atoms with E-state index in [-0.39, 0.29) is 7.11 Å². The summed E-state index contributed by atoms with van der Waals surface area (Å²) in [6.45, 7) is 0. The average Bonchev–Trinajstić information content (AvgIpc) is 2.58. The molecule has 0 aromatic heterocycles. The van der Waals surface area contributed by atoms with Crippen molar-refractivity contribution in [1.29, 1.82) is 0 Å². The number of hydrogen-bond donors (Lipinski definition) is 0. The van der Waals surface area contributed by atoms with Gasteiger partial charge in [-0.05, 0) is 0 Å². The predicted molar refractivity (Wildman–Crippen MR) is 59.7 cm³/mol. The van der Waals surface area contributed by atoms with Crippen molar-refractivity contribution in [2.45, 2.75) is 47.9 Å². The van der Waals surface area contributed by atoms with Gasteiger partial charge in [-0.25, -0.2) is 4.79 Å². The molecule has 0 aliphatic rings. The van der Waals surface area contributed by atoms with Crippen LogP contribution in [0.1, 0.15) is 0 Å². The highest BCUT2D eigenvalue weighted by molar-refractivity contribution is 5.78. The van der Waals surface area contributed by atoms with Gasteiger partial charge in [0.25, 0.3) is 0 Å². The second kappa shape index (κ2) is 7.69. The number of methoxy groups -OCH3 is 2. The standard InChI is InChI=1S/C11H6F16O4/c1-29-3(28)4(12,9(21,22)23)31-11(26,27)8(19,20)6(15,16)5(13,14)7(17,18)10(24,25)30-2/h1-2H3. The van der Waals surface area contributed by atoms with Gasteiger partial charge in [0.2, 0.25) is 0 Å². The van der Waals surface area contributed by atoms with Crippen LogP contribution in [0, 0.1) is 0 Å². The van der Waals surface area contributed by atoms with Crippen molar-refractivity contribution >= 4 is 5.97 Å². The maximum absolute atomic E-state index is 13.5. The highest BCUT2D eigenvalue weighted by Crippen LogP contribution is 2.61. The van der Waals surface area contributed by atoms with Crippen LogP contribution in [0.5, 0.6) is 0 Å². The Kier molecular flexibility index (Phi) is 7.27. The Bertz CT molecular complexity index is 671. The van der Waals surface area contributed by atoms with Crippen LogP contribution < -0.4 is 0 Å². The minimum atomic E-state index is -8.39. The van der Waals surface area contributed by atoms with Crippen molar-refractivity contribution in [3.63, 3.8) is 0 Å². The molecule has 186 valence electrons. The number of halogens is 16. The normalized spacial score (nSPS) is 17.4. The van der Waals surface area contributed by atoms with Crippen LogP contribution in [-0.4, -0.2) is 68.1 Å². The van der Waals surface area contributed by atoms with Crippen LogP contribution in [0.2, 0.25) is 0 Å². The molecular weight excluding hydrogens is 500 g/mol. The second-order valence-corrected chi connectivity index (χ2v) is 5.22. The van der Waals surface area contributed by atoms with Gasteiger partial charge >= 0.3 is 53.9 Å². The van der Waals surface area contributed by atoms with Crippen LogP contribution >= 0.6 is 0 Å². The first kappa shape index (κ1) is 29.3. The van der Waals surface area contributed by atoms with Crippen LogP contribution in [0.4, 0.5) is 70.2 Å². The number of hydrogen-bond acceptors (Lipinski definition) is 4. The third kappa shape index (κ3) is 4.07. The zero-order valence-corrected chi connectivity index (χ0v) is 14.2. The lowest BCUT2D eigenvalue weighted by molar-refractivity contribution is -0.497. The van der Waals surface area contributed by atoms with Gasteiger partial charge in [0.05, 0.1) is 7.11 Å². The van der Waals surface area contributed by atoms with Crippen LogP contribution in [0.15, 0.2) is 0 Å². The summed E-state index contributed by atoms with van der Waals surface area (Å²) >= 11 is 0. The lowest BCUT2D eigenvalue weighted by Gasteiger charge is -2.41. The molecule has 0 aromatic rings. The molecule has 0 N–H and O–H groups in total. The van der Waals surface area contributed by atoms with Gasteiger partial charge < -0.3 is 9.47 Å². The van der Waals surface area contributed by atoms with Crippen molar-refractivity contribution in [3.05, 3.63) is 0 Å². The van der Waals surface area contributed by atoms with Crippen LogP contribution in [0.25, 0.3) is 0 Å². The number of rotatable bonds is 9. The van der Waals surface area contributed by atoms with E-state index in [0.29, 0.717) is 0 Å². The first-order chi connectivity index (χ1) is 13.2. The van der Waals surface area contributed by atoms with Gasteiger partial charge in [-0.2, -0.15) is 70.2 Å². The highest BCUT2D eigenvalue weighted by Gasteiger charge is 2.92. The van der Waals surface area contributed by atoms with Gasteiger partial charge in [-0.15, -0.1) is 0 Å². The highest BCUT2D eigenvalue weighted by atomic mass is 19.4. The van der Waals surface area contributed by atoms with Gasteiger partial charge in [0.15, 0.2) is 0 Å². The quantitative estimate of drug-likeness (QED) is 0.334. The Balaban J connectivity index is 6.65. The fourth-order valence-electron chi connectivity index (χ4n) is 1.48. The monoisotopic (exact) mass is 506 g/mol. The summed E-state index contributed by atoms with van der Waals surface area (Å²) in [5.74, 6) is -43.0. The molecule has 0 rings (SSSR count). The summed E-state index contributed by atoms with van der Waals surface area (Å²) in [6.07, 6.45) is -21.7. The summed E-state index contributed by atoms with van der Waals surface area (Å²) in [7, 11) is -0.729. The Morgan fingerprint density at radius 2 is 0.871 bits per heavy atom. The minimum absolute atomic E-state index is 0.196. The maximum Gasteiger partial charge on any atom is 0.460 e. The van der Waals surface area contributed by atoms with E-state index in [0.717, 1.165) is 0 Å². The Hall–Kier alpha value is -1.73. The molecule has 0 saturated heterocycles. The molecule has 0 amide bonds. The third-order valence-electron chi connectivity index (χ3n) is 3.25. The number of ether oxygens (including phenoxy) is 3. The molecule has 20 heteroatoms. The summed E-state index contributed by atoms with van der Waals surface area (Å²) < 4.78 is 216. The van der Waals surface area contributed by atoms with Gasteiger partial charge in [-0.1, -0.05) is 0 Å². The van der Waals surface area contributed by atoms with Crippen molar-refractivity contribution in [3.8, 4) is 0 Å². The van der Waals surface area contributed by atoms with Gasteiger partial charge in [0, 0.05) is 7.11 Å². The van der Waals surface area contributed by atoms with E-state index < -0.39 is 61.0 Å². The lowest BCUT2D eigenvalue weighted by Crippen LogP contribution is -2.72. The molecule has 0 fully saturated rings. The fraction of sp³-hybridized carbons (Fsp3) is 0.909. The first-order valence-electron chi connectivity index (χ1n) is 6.61. The fourth-order valence-corrected chi connectivity index (χ4v) is 1.48. The first-order valence-corrected chi connectivity index (χ1v) is 6.61. The second-order valence-electron chi connectivity index (χ2n) is 5.22. The minimum Gasteiger partial charge on any atom is -0.465 e. The molecule has 0 bridgehead atoms. The summed E-state index contributed by atoms with van der Waals surface area (Å²) in [6, 6.07) is 0. The lowest BCUT2D eigenvalue weighted by atomic mass is 9.97. The molecule has 0 radical (unpaired) electrons. The Morgan fingerprint density at radius 1 is 0.548 bits per heavy atom.